The molecule has 1 fully saturated rings. The molecule has 1 rings (SSSR count). The maximum atomic E-state index is 11.4. The number of nitrogens with zero attached hydrogens (tertiary/aromatic N) is 3. The summed E-state index contributed by atoms with van der Waals surface area (Å²) in [5.74, 6) is -0.120. The molecule has 6 nitrogen and oxygen atoms in total. The van der Waals surface area contributed by atoms with Gasteiger partial charge >= 0.3 is 6.03 Å². The molecule has 3 amide bonds. The third kappa shape index (κ3) is 3.94. The minimum atomic E-state index is -0.120. The lowest BCUT2D eigenvalue weighted by molar-refractivity contribution is -0.131. The van der Waals surface area contributed by atoms with E-state index in [4.69, 9.17) is 5.26 Å². The van der Waals surface area contributed by atoms with Gasteiger partial charge in [-0.1, -0.05) is 0 Å². The Kier molecular flexibility index (Phi) is 4.76. The second-order valence-corrected chi connectivity index (χ2v) is 4.33. The van der Waals surface area contributed by atoms with Crippen molar-refractivity contribution in [2.45, 2.75) is 25.3 Å². The van der Waals surface area contributed by atoms with Crippen LogP contribution in [0.2, 0.25) is 0 Å². The molecular formula is C11H18N4O2. The second kappa shape index (κ2) is 6.09. The van der Waals surface area contributed by atoms with Crippen molar-refractivity contribution < 1.29 is 9.59 Å². The van der Waals surface area contributed by atoms with Gasteiger partial charge in [-0.15, -0.1) is 0 Å². The molecule has 6 heteroatoms. The number of hydrogen-bond acceptors (Lipinski definition) is 3. The highest BCUT2D eigenvalue weighted by molar-refractivity contribution is 5.78. The third-order valence-electron chi connectivity index (χ3n) is 2.81. The van der Waals surface area contributed by atoms with E-state index in [1.165, 1.54) is 4.90 Å². The number of rotatable bonds is 2. The molecule has 0 spiro atoms. The minimum Gasteiger partial charge on any atom is -0.342 e. The van der Waals surface area contributed by atoms with Crippen molar-refractivity contribution in [2.75, 3.05) is 27.2 Å². The van der Waals surface area contributed by atoms with E-state index in [0.29, 0.717) is 13.1 Å². The monoisotopic (exact) mass is 238 g/mol. The predicted molar refractivity (Wildman–Crippen MR) is 62.1 cm³/mol. The highest BCUT2D eigenvalue weighted by atomic mass is 16.2. The zero-order valence-corrected chi connectivity index (χ0v) is 10.3. The van der Waals surface area contributed by atoms with Crippen LogP contribution in [0.25, 0.3) is 0 Å². The van der Waals surface area contributed by atoms with Crippen LogP contribution in [0.3, 0.4) is 0 Å². The van der Waals surface area contributed by atoms with E-state index in [1.807, 2.05) is 6.07 Å². The maximum Gasteiger partial charge on any atom is 0.317 e. The summed E-state index contributed by atoms with van der Waals surface area (Å²) >= 11 is 0. The summed E-state index contributed by atoms with van der Waals surface area (Å²) in [5.41, 5.74) is 0. The van der Waals surface area contributed by atoms with E-state index in [-0.39, 0.29) is 24.4 Å². The molecule has 0 aromatic rings. The van der Waals surface area contributed by atoms with Crippen LogP contribution in [0.4, 0.5) is 4.79 Å². The predicted octanol–water partition coefficient (Wildman–Crippen LogP) is 0.162. The average Bonchev–Trinajstić information content (AvgIpc) is 2.30. The van der Waals surface area contributed by atoms with E-state index in [1.54, 1.807) is 19.0 Å². The van der Waals surface area contributed by atoms with Crippen LogP contribution >= 0.6 is 0 Å². The summed E-state index contributed by atoms with van der Waals surface area (Å²) < 4.78 is 0. The average molecular weight is 238 g/mol. The minimum absolute atomic E-state index is 0.0608. The van der Waals surface area contributed by atoms with Crippen LogP contribution in [-0.4, -0.2) is 55.0 Å². The number of likely N-dealkylation sites (tertiary alicyclic amines) is 1. The Morgan fingerprint density at radius 3 is 2.47 bits per heavy atom. The number of nitrogens with one attached hydrogen (secondary N) is 1. The molecule has 0 bridgehead atoms. The van der Waals surface area contributed by atoms with E-state index < -0.39 is 0 Å². The molecule has 0 atom stereocenters. The first-order valence-electron chi connectivity index (χ1n) is 5.67. The Balaban J connectivity index is 2.34. The molecular weight excluding hydrogens is 220 g/mol. The topological polar surface area (TPSA) is 76.4 Å². The van der Waals surface area contributed by atoms with Gasteiger partial charge in [-0.3, -0.25) is 4.79 Å². The summed E-state index contributed by atoms with van der Waals surface area (Å²) in [6.45, 7) is 1.22. The van der Waals surface area contributed by atoms with Crippen molar-refractivity contribution in [1.82, 2.24) is 15.1 Å². The molecule has 0 saturated carbocycles. The van der Waals surface area contributed by atoms with Crippen LogP contribution in [0, 0.1) is 11.3 Å². The fraction of sp³-hybridized carbons (Fsp3) is 0.727. The number of piperidine rings is 1. The number of carbonyl (C=O) groups excluding carboxylic acids is 2. The van der Waals surface area contributed by atoms with Gasteiger partial charge < -0.3 is 15.1 Å². The number of nitriles is 1. The molecule has 0 aromatic heterocycles. The van der Waals surface area contributed by atoms with Gasteiger partial charge in [0.1, 0.15) is 6.42 Å². The highest BCUT2D eigenvalue weighted by Gasteiger charge is 2.23. The van der Waals surface area contributed by atoms with Crippen molar-refractivity contribution in [3.63, 3.8) is 0 Å². The lowest BCUT2D eigenvalue weighted by Crippen LogP contribution is -2.48. The van der Waals surface area contributed by atoms with Gasteiger partial charge in [-0.2, -0.15) is 5.26 Å². The molecule has 1 N–H and O–H groups in total. The number of urea groups is 1. The molecule has 1 saturated heterocycles. The quantitative estimate of drug-likeness (QED) is 0.744. The summed E-state index contributed by atoms with van der Waals surface area (Å²) in [5, 5.41) is 11.3. The van der Waals surface area contributed by atoms with Gasteiger partial charge in [0.25, 0.3) is 0 Å². The Labute approximate surface area is 101 Å². The van der Waals surface area contributed by atoms with Crippen LogP contribution in [0.5, 0.6) is 0 Å². The van der Waals surface area contributed by atoms with E-state index >= 15 is 0 Å². The second-order valence-electron chi connectivity index (χ2n) is 4.33. The fourth-order valence-electron chi connectivity index (χ4n) is 1.76. The van der Waals surface area contributed by atoms with Crippen LogP contribution in [-0.2, 0) is 4.79 Å². The van der Waals surface area contributed by atoms with Crippen LogP contribution in [0.15, 0.2) is 0 Å². The van der Waals surface area contributed by atoms with Crippen molar-refractivity contribution >= 4 is 11.9 Å². The lowest BCUT2D eigenvalue weighted by Gasteiger charge is -2.32. The number of hydrogen-bond donors (Lipinski definition) is 1. The normalized spacial score (nSPS) is 16.2. The fourth-order valence-corrected chi connectivity index (χ4v) is 1.76. The first-order valence-corrected chi connectivity index (χ1v) is 5.67. The Morgan fingerprint density at radius 2 is 2.00 bits per heavy atom. The molecule has 17 heavy (non-hydrogen) atoms. The molecule has 1 aliphatic rings. The molecule has 1 aliphatic heterocycles. The summed E-state index contributed by atoms with van der Waals surface area (Å²) in [6.07, 6.45) is 1.43. The van der Waals surface area contributed by atoms with Crippen molar-refractivity contribution in [2.24, 2.45) is 0 Å². The summed E-state index contributed by atoms with van der Waals surface area (Å²) in [4.78, 5) is 26.0. The van der Waals surface area contributed by atoms with Gasteiger partial charge in [0.2, 0.25) is 5.91 Å². The van der Waals surface area contributed by atoms with Crippen molar-refractivity contribution in [1.29, 1.82) is 5.26 Å². The zero-order valence-electron chi connectivity index (χ0n) is 10.3. The van der Waals surface area contributed by atoms with Gasteiger partial charge in [0, 0.05) is 33.2 Å². The highest BCUT2D eigenvalue weighted by Crippen LogP contribution is 2.11. The number of carbonyl (C=O) groups is 2. The van der Waals surface area contributed by atoms with Crippen LogP contribution in [0.1, 0.15) is 19.3 Å². The smallest absolute Gasteiger partial charge is 0.317 e. The molecule has 1 heterocycles. The number of amides is 3. The zero-order chi connectivity index (χ0) is 12.8. The summed E-state index contributed by atoms with van der Waals surface area (Å²) in [7, 11) is 3.39. The Morgan fingerprint density at radius 1 is 1.41 bits per heavy atom. The Hall–Kier alpha value is -1.77. The van der Waals surface area contributed by atoms with Gasteiger partial charge in [0.15, 0.2) is 0 Å². The van der Waals surface area contributed by atoms with E-state index in [0.717, 1.165) is 12.8 Å². The molecule has 0 unspecified atom stereocenters. The maximum absolute atomic E-state index is 11.4. The summed E-state index contributed by atoms with van der Waals surface area (Å²) in [6, 6.07) is 1.87. The lowest BCUT2D eigenvalue weighted by atomic mass is 10.0. The van der Waals surface area contributed by atoms with Gasteiger partial charge in [-0.05, 0) is 12.8 Å². The Bertz CT molecular complexity index is 327. The van der Waals surface area contributed by atoms with Gasteiger partial charge in [0.05, 0.1) is 6.07 Å². The molecule has 0 aromatic carbocycles. The first-order chi connectivity index (χ1) is 8.04. The SMILES string of the molecule is CN(C)C(=O)NC1CCN(C(=O)CC#N)CC1. The van der Waals surface area contributed by atoms with Crippen molar-refractivity contribution in [3.8, 4) is 6.07 Å². The largest absolute Gasteiger partial charge is 0.342 e. The van der Waals surface area contributed by atoms with Gasteiger partial charge in [-0.25, -0.2) is 4.79 Å². The molecule has 94 valence electrons. The molecule has 0 aliphatic carbocycles. The first kappa shape index (κ1) is 13.3. The standard InChI is InChI=1S/C11H18N4O2/c1-14(2)11(17)13-9-4-7-15(8-5-9)10(16)3-6-12/h9H,3-5,7-8H2,1-2H3,(H,13,17). The van der Waals surface area contributed by atoms with Crippen LogP contribution < -0.4 is 5.32 Å². The third-order valence-corrected chi connectivity index (χ3v) is 2.81. The van der Waals surface area contributed by atoms with E-state index in [2.05, 4.69) is 5.32 Å². The molecule has 0 radical (unpaired) electrons. The van der Waals surface area contributed by atoms with Crippen molar-refractivity contribution in [3.05, 3.63) is 0 Å². The van der Waals surface area contributed by atoms with E-state index in [9.17, 15) is 9.59 Å².